The summed E-state index contributed by atoms with van der Waals surface area (Å²) in [4.78, 5) is 12.2. The number of fused-ring (bicyclic) bond motifs is 1. The first-order valence-electron chi connectivity index (χ1n) is 9.02. The van der Waals surface area contributed by atoms with Crippen LogP contribution < -0.4 is 5.32 Å². The van der Waals surface area contributed by atoms with Gasteiger partial charge < -0.3 is 5.32 Å². The van der Waals surface area contributed by atoms with E-state index in [0.717, 1.165) is 16.8 Å². The van der Waals surface area contributed by atoms with Gasteiger partial charge in [0.25, 0.3) is 0 Å². The van der Waals surface area contributed by atoms with Gasteiger partial charge in [0.05, 0.1) is 11.4 Å². The standard InChI is InChI=1S/C21H18ClN5OS/c1-14-6-8-15(9-7-14)18-10-11-19-24-25-21(27(19)26-18)29-13-20(28)23-12-16-4-2-3-5-17(16)22/h2-11H,12-13H2,1H3,(H,23,28). The van der Waals surface area contributed by atoms with Crippen LogP contribution in [0, 0.1) is 6.92 Å². The number of carbonyl (C=O) groups excluding carboxylic acids is 1. The molecule has 0 radical (unpaired) electrons. The Morgan fingerprint density at radius 2 is 1.86 bits per heavy atom. The first-order valence-corrected chi connectivity index (χ1v) is 10.4. The Balaban J connectivity index is 1.44. The van der Waals surface area contributed by atoms with Gasteiger partial charge in [-0.05, 0) is 30.7 Å². The average Bonchev–Trinajstić information content (AvgIpc) is 3.14. The fourth-order valence-corrected chi connectivity index (χ4v) is 3.67. The highest BCUT2D eigenvalue weighted by atomic mass is 35.5. The summed E-state index contributed by atoms with van der Waals surface area (Å²) in [5, 5.41) is 17.0. The zero-order valence-electron chi connectivity index (χ0n) is 15.7. The molecule has 0 aliphatic heterocycles. The Kier molecular flexibility index (Phi) is 5.78. The molecule has 0 fully saturated rings. The van der Waals surface area contributed by atoms with E-state index in [1.807, 2.05) is 61.5 Å². The van der Waals surface area contributed by atoms with Crippen molar-refractivity contribution in [1.82, 2.24) is 25.1 Å². The van der Waals surface area contributed by atoms with Gasteiger partial charge in [-0.25, -0.2) is 0 Å². The van der Waals surface area contributed by atoms with Crippen LogP contribution in [0.1, 0.15) is 11.1 Å². The van der Waals surface area contributed by atoms with E-state index in [2.05, 4.69) is 20.6 Å². The van der Waals surface area contributed by atoms with Crippen molar-refractivity contribution in [2.45, 2.75) is 18.6 Å². The van der Waals surface area contributed by atoms with Gasteiger partial charge in [0.1, 0.15) is 0 Å². The normalized spacial score (nSPS) is 11.0. The number of carbonyl (C=O) groups is 1. The van der Waals surface area contributed by atoms with Gasteiger partial charge >= 0.3 is 0 Å². The smallest absolute Gasteiger partial charge is 0.230 e. The van der Waals surface area contributed by atoms with Crippen LogP contribution in [-0.4, -0.2) is 31.5 Å². The molecular weight excluding hydrogens is 406 g/mol. The number of amides is 1. The Morgan fingerprint density at radius 1 is 1.07 bits per heavy atom. The van der Waals surface area contributed by atoms with Crippen LogP contribution in [0.3, 0.4) is 0 Å². The Bertz CT molecular complexity index is 1160. The third-order valence-corrected chi connectivity index (χ3v) is 5.64. The topological polar surface area (TPSA) is 72.2 Å². The molecular formula is C21H18ClN5OS. The minimum atomic E-state index is -0.110. The van der Waals surface area contributed by atoms with Crippen LogP contribution in [0.4, 0.5) is 0 Å². The number of nitrogens with zero attached hydrogens (tertiary/aromatic N) is 4. The molecule has 0 unspecified atom stereocenters. The van der Waals surface area contributed by atoms with Crippen molar-refractivity contribution in [3.05, 3.63) is 76.8 Å². The lowest BCUT2D eigenvalue weighted by Gasteiger charge is -2.06. The van der Waals surface area contributed by atoms with Gasteiger partial charge in [-0.2, -0.15) is 9.61 Å². The Labute approximate surface area is 177 Å². The molecule has 4 aromatic rings. The van der Waals surface area contributed by atoms with Crippen LogP contribution in [0.5, 0.6) is 0 Å². The maximum atomic E-state index is 12.2. The second-order valence-electron chi connectivity index (χ2n) is 6.49. The summed E-state index contributed by atoms with van der Waals surface area (Å²) >= 11 is 7.41. The molecule has 0 aliphatic carbocycles. The molecule has 0 saturated heterocycles. The number of rotatable bonds is 6. The molecule has 6 nitrogen and oxygen atoms in total. The maximum Gasteiger partial charge on any atom is 0.230 e. The molecule has 0 spiro atoms. The molecule has 2 heterocycles. The molecule has 29 heavy (non-hydrogen) atoms. The summed E-state index contributed by atoms with van der Waals surface area (Å²) in [7, 11) is 0. The van der Waals surface area contributed by atoms with Crippen molar-refractivity contribution in [3.8, 4) is 11.3 Å². The highest BCUT2D eigenvalue weighted by Gasteiger charge is 2.12. The van der Waals surface area contributed by atoms with Crippen molar-refractivity contribution in [2.75, 3.05) is 5.75 Å². The molecule has 146 valence electrons. The zero-order chi connectivity index (χ0) is 20.2. The van der Waals surface area contributed by atoms with Crippen molar-refractivity contribution in [2.24, 2.45) is 0 Å². The predicted octanol–water partition coefficient (Wildman–Crippen LogP) is 4.16. The Morgan fingerprint density at radius 3 is 2.66 bits per heavy atom. The lowest BCUT2D eigenvalue weighted by molar-refractivity contribution is -0.118. The molecule has 0 atom stereocenters. The molecule has 2 aromatic carbocycles. The first kappa shape index (κ1) is 19.4. The quantitative estimate of drug-likeness (QED) is 0.471. The number of aryl methyl sites for hydroxylation is 1. The van der Waals surface area contributed by atoms with E-state index in [1.165, 1.54) is 17.3 Å². The van der Waals surface area contributed by atoms with Crippen molar-refractivity contribution < 1.29 is 4.79 Å². The van der Waals surface area contributed by atoms with Gasteiger partial charge in [-0.3, -0.25) is 4.79 Å². The first-order chi connectivity index (χ1) is 14.1. The van der Waals surface area contributed by atoms with Crippen LogP contribution >= 0.6 is 23.4 Å². The minimum Gasteiger partial charge on any atom is -0.351 e. The van der Waals surface area contributed by atoms with Gasteiger partial charge in [0.2, 0.25) is 11.1 Å². The molecule has 2 aromatic heterocycles. The molecule has 1 amide bonds. The summed E-state index contributed by atoms with van der Waals surface area (Å²) < 4.78 is 1.67. The SMILES string of the molecule is Cc1ccc(-c2ccc3nnc(SCC(=O)NCc4ccccc4Cl)n3n2)cc1. The van der Waals surface area contributed by atoms with E-state index < -0.39 is 0 Å². The number of hydrogen-bond acceptors (Lipinski definition) is 5. The van der Waals surface area contributed by atoms with Gasteiger partial charge in [-0.15, -0.1) is 10.2 Å². The van der Waals surface area contributed by atoms with Gasteiger partial charge in [0, 0.05) is 17.1 Å². The van der Waals surface area contributed by atoms with Crippen LogP contribution in [0.25, 0.3) is 16.9 Å². The Hall–Kier alpha value is -2.90. The fourth-order valence-electron chi connectivity index (χ4n) is 2.75. The highest BCUT2D eigenvalue weighted by molar-refractivity contribution is 7.99. The van der Waals surface area contributed by atoms with Crippen LogP contribution in [0.15, 0.2) is 65.8 Å². The van der Waals surface area contributed by atoms with E-state index >= 15 is 0 Å². The average molecular weight is 424 g/mol. The second-order valence-corrected chi connectivity index (χ2v) is 7.84. The van der Waals surface area contributed by atoms with E-state index in [0.29, 0.717) is 22.4 Å². The van der Waals surface area contributed by atoms with Crippen molar-refractivity contribution in [1.29, 1.82) is 0 Å². The van der Waals surface area contributed by atoms with Crippen LogP contribution in [0.2, 0.25) is 5.02 Å². The number of aromatic nitrogens is 4. The number of halogens is 1. The monoisotopic (exact) mass is 423 g/mol. The third kappa shape index (κ3) is 4.58. The van der Waals surface area contributed by atoms with E-state index in [4.69, 9.17) is 11.6 Å². The second kappa shape index (κ2) is 8.63. The van der Waals surface area contributed by atoms with Crippen LogP contribution in [-0.2, 0) is 11.3 Å². The summed E-state index contributed by atoms with van der Waals surface area (Å²) in [6.07, 6.45) is 0. The number of hydrogen-bond donors (Lipinski definition) is 1. The fraction of sp³-hybridized carbons (Fsp3) is 0.143. The highest BCUT2D eigenvalue weighted by Crippen LogP contribution is 2.21. The largest absolute Gasteiger partial charge is 0.351 e. The summed E-state index contributed by atoms with van der Waals surface area (Å²) in [6, 6.07) is 19.4. The number of nitrogens with one attached hydrogen (secondary N) is 1. The predicted molar refractivity (Wildman–Crippen MR) is 115 cm³/mol. The van der Waals surface area contributed by atoms with Crippen molar-refractivity contribution in [3.63, 3.8) is 0 Å². The summed E-state index contributed by atoms with van der Waals surface area (Å²) in [5.74, 6) is 0.100. The van der Waals surface area contributed by atoms with E-state index in [9.17, 15) is 4.79 Å². The van der Waals surface area contributed by atoms with E-state index in [-0.39, 0.29) is 11.7 Å². The third-order valence-electron chi connectivity index (χ3n) is 4.35. The summed E-state index contributed by atoms with van der Waals surface area (Å²) in [5.41, 5.74) is 4.55. The maximum absolute atomic E-state index is 12.2. The van der Waals surface area contributed by atoms with Gasteiger partial charge in [-0.1, -0.05) is 71.4 Å². The van der Waals surface area contributed by atoms with E-state index in [1.54, 1.807) is 10.6 Å². The lowest BCUT2D eigenvalue weighted by atomic mass is 10.1. The number of thioether (sulfide) groups is 1. The van der Waals surface area contributed by atoms with Crippen molar-refractivity contribution >= 4 is 34.9 Å². The molecule has 1 N–H and O–H groups in total. The summed E-state index contributed by atoms with van der Waals surface area (Å²) in [6.45, 7) is 2.43. The minimum absolute atomic E-state index is 0.110. The molecule has 0 aliphatic rings. The molecule has 4 rings (SSSR count). The van der Waals surface area contributed by atoms with Gasteiger partial charge in [0.15, 0.2) is 5.65 Å². The zero-order valence-corrected chi connectivity index (χ0v) is 17.2. The molecule has 0 bridgehead atoms. The molecule has 0 saturated carbocycles. The number of benzene rings is 2. The lowest BCUT2D eigenvalue weighted by Crippen LogP contribution is -2.24. The molecule has 8 heteroatoms.